The van der Waals surface area contributed by atoms with Crippen molar-refractivity contribution in [2.75, 3.05) is 13.1 Å². The number of hydrogen-bond donors (Lipinski definition) is 2. The molecule has 2 N–H and O–H groups in total. The summed E-state index contributed by atoms with van der Waals surface area (Å²) in [5.41, 5.74) is 0.368. The molecule has 0 spiro atoms. The maximum Gasteiger partial charge on any atom is 0.237 e. The van der Waals surface area contributed by atoms with Gasteiger partial charge in [-0.3, -0.25) is 4.79 Å². The van der Waals surface area contributed by atoms with Gasteiger partial charge < -0.3 is 10.6 Å². The van der Waals surface area contributed by atoms with Crippen LogP contribution in [0.15, 0.2) is 24.3 Å². The molecule has 3 rings (SSSR count). The lowest BCUT2D eigenvalue weighted by Gasteiger charge is -2.45. The Balaban J connectivity index is 1.81. The van der Waals surface area contributed by atoms with Gasteiger partial charge in [0.05, 0.1) is 17.5 Å². The molecule has 5 heteroatoms. The Bertz CT molecular complexity index is 730. The first-order valence-corrected chi connectivity index (χ1v) is 10.8. The first-order chi connectivity index (χ1) is 13.2. The van der Waals surface area contributed by atoms with Gasteiger partial charge in [-0.1, -0.05) is 57.3 Å². The zero-order valence-electron chi connectivity index (χ0n) is 17.2. The molecule has 0 bridgehead atoms. The SMILES string of the molecule is CC(C)(C)CC1CNC(C(=O)NCCC2CC2)CC1(C#N)c1ccc(Cl)cc1. The van der Waals surface area contributed by atoms with Gasteiger partial charge in [0.2, 0.25) is 5.91 Å². The molecular weight excluding hydrogens is 370 g/mol. The topological polar surface area (TPSA) is 64.9 Å². The van der Waals surface area contributed by atoms with Crippen molar-refractivity contribution in [2.45, 2.75) is 64.3 Å². The third-order valence-corrected chi connectivity index (χ3v) is 6.37. The van der Waals surface area contributed by atoms with Gasteiger partial charge in [0, 0.05) is 18.1 Å². The zero-order valence-corrected chi connectivity index (χ0v) is 18.0. The number of piperidine rings is 1. The molecule has 2 fully saturated rings. The standard InChI is InChI=1S/C23H32ClN3O/c1-22(2,3)12-18-14-27-20(21(28)26-11-10-16-4-5-16)13-23(18,15-25)17-6-8-19(24)9-7-17/h6-9,16,18,20,27H,4-5,10-14H2,1-3H3,(H,26,28). The fraction of sp³-hybridized carbons (Fsp3) is 0.652. The van der Waals surface area contributed by atoms with Gasteiger partial charge in [-0.25, -0.2) is 0 Å². The zero-order chi connectivity index (χ0) is 20.4. The molecule has 0 radical (unpaired) electrons. The molecule has 1 saturated heterocycles. The van der Waals surface area contributed by atoms with E-state index in [9.17, 15) is 10.1 Å². The molecule has 2 aliphatic rings. The molecule has 1 heterocycles. The lowest BCUT2D eigenvalue weighted by atomic mass is 9.61. The van der Waals surface area contributed by atoms with Crippen LogP contribution in [0.1, 0.15) is 58.4 Å². The van der Waals surface area contributed by atoms with Crippen molar-refractivity contribution in [1.29, 1.82) is 5.26 Å². The smallest absolute Gasteiger partial charge is 0.237 e. The molecule has 28 heavy (non-hydrogen) atoms. The molecule has 4 nitrogen and oxygen atoms in total. The third-order valence-electron chi connectivity index (χ3n) is 6.12. The van der Waals surface area contributed by atoms with Crippen LogP contribution in [0.4, 0.5) is 0 Å². The molecule has 3 unspecified atom stereocenters. The van der Waals surface area contributed by atoms with E-state index in [1.807, 2.05) is 24.3 Å². The van der Waals surface area contributed by atoms with E-state index in [1.165, 1.54) is 12.8 Å². The minimum atomic E-state index is -0.693. The molecule has 1 aromatic carbocycles. The molecule has 1 aliphatic carbocycles. The van der Waals surface area contributed by atoms with Crippen LogP contribution in [-0.2, 0) is 10.2 Å². The van der Waals surface area contributed by atoms with E-state index in [0.717, 1.165) is 30.9 Å². The molecule has 0 aromatic heterocycles. The highest BCUT2D eigenvalue weighted by Gasteiger charge is 2.48. The highest BCUT2D eigenvalue weighted by Crippen LogP contribution is 2.44. The highest BCUT2D eigenvalue weighted by atomic mass is 35.5. The number of amides is 1. The average molecular weight is 402 g/mol. The largest absolute Gasteiger partial charge is 0.355 e. The van der Waals surface area contributed by atoms with E-state index in [1.54, 1.807) is 0 Å². The molecule has 3 atom stereocenters. The van der Waals surface area contributed by atoms with Crippen LogP contribution >= 0.6 is 11.6 Å². The van der Waals surface area contributed by atoms with Gasteiger partial charge in [-0.05, 0) is 54.2 Å². The summed E-state index contributed by atoms with van der Waals surface area (Å²) in [6, 6.07) is 9.88. The van der Waals surface area contributed by atoms with Gasteiger partial charge in [-0.2, -0.15) is 5.26 Å². The van der Waals surface area contributed by atoms with E-state index in [0.29, 0.717) is 18.0 Å². The molecule has 1 aliphatic heterocycles. The number of nitrogens with one attached hydrogen (secondary N) is 2. The first kappa shape index (κ1) is 21.1. The summed E-state index contributed by atoms with van der Waals surface area (Å²) in [5.74, 6) is 0.945. The van der Waals surface area contributed by atoms with Crippen LogP contribution in [0.3, 0.4) is 0 Å². The maximum atomic E-state index is 12.8. The number of benzene rings is 1. The second-order valence-corrected chi connectivity index (χ2v) is 10.2. The van der Waals surface area contributed by atoms with Crippen LogP contribution in [-0.4, -0.2) is 25.0 Å². The third kappa shape index (κ3) is 5.07. The molecule has 152 valence electrons. The van der Waals surface area contributed by atoms with Gasteiger partial charge in [0.1, 0.15) is 0 Å². The number of carbonyl (C=O) groups excluding carboxylic acids is 1. The van der Waals surface area contributed by atoms with Crippen molar-refractivity contribution in [3.05, 3.63) is 34.9 Å². The van der Waals surface area contributed by atoms with Gasteiger partial charge in [0.25, 0.3) is 0 Å². The lowest BCUT2D eigenvalue weighted by molar-refractivity contribution is -0.124. The number of rotatable bonds is 6. The van der Waals surface area contributed by atoms with Crippen LogP contribution in [0.25, 0.3) is 0 Å². The van der Waals surface area contributed by atoms with E-state index in [-0.39, 0.29) is 23.3 Å². The summed E-state index contributed by atoms with van der Waals surface area (Å²) < 4.78 is 0. The Morgan fingerprint density at radius 3 is 2.57 bits per heavy atom. The minimum Gasteiger partial charge on any atom is -0.355 e. The maximum absolute atomic E-state index is 12.8. The van der Waals surface area contributed by atoms with Crippen LogP contribution in [0.2, 0.25) is 5.02 Å². The summed E-state index contributed by atoms with van der Waals surface area (Å²) in [6.07, 6.45) is 5.04. The molecular formula is C23H32ClN3O. The van der Waals surface area contributed by atoms with Gasteiger partial charge in [0.15, 0.2) is 0 Å². The predicted molar refractivity (Wildman–Crippen MR) is 113 cm³/mol. The number of hydrogen-bond acceptors (Lipinski definition) is 3. The molecule has 1 aromatic rings. The normalized spacial score (nSPS) is 27.8. The number of halogens is 1. The summed E-state index contributed by atoms with van der Waals surface area (Å²) in [7, 11) is 0. The Labute approximate surface area is 174 Å². The first-order valence-electron chi connectivity index (χ1n) is 10.4. The lowest BCUT2D eigenvalue weighted by Crippen LogP contribution is -2.58. The van der Waals surface area contributed by atoms with Crippen molar-refractivity contribution in [3.8, 4) is 6.07 Å². The highest BCUT2D eigenvalue weighted by molar-refractivity contribution is 6.30. The van der Waals surface area contributed by atoms with Crippen LogP contribution < -0.4 is 10.6 Å². The van der Waals surface area contributed by atoms with Gasteiger partial charge >= 0.3 is 0 Å². The second kappa shape index (κ2) is 8.43. The Morgan fingerprint density at radius 1 is 1.32 bits per heavy atom. The molecule has 1 saturated carbocycles. The number of nitriles is 1. The van der Waals surface area contributed by atoms with Crippen LogP contribution in [0.5, 0.6) is 0 Å². The number of carbonyl (C=O) groups is 1. The van der Waals surface area contributed by atoms with Gasteiger partial charge in [-0.15, -0.1) is 0 Å². The Morgan fingerprint density at radius 2 is 2.00 bits per heavy atom. The quantitative estimate of drug-likeness (QED) is 0.740. The number of nitrogens with zero attached hydrogens (tertiary/aromatic N) is 1. The van der Waals surface area contributed by atoms with E-state index >= 15 is 0 Å². The Kier molecular flexibility index (Phi) is 6.37. The van der Waals surface area contributed by atoms with Crippen LogP contribution in [0, 0.1) is 28.6 Å². The van der Waals surface area contributed by atoms with E-state index in [4.69, 9.17) is 11.6 Å². The second-order valence-electron chi connectivity index (χ2n) is 9.74. The van der Waals surface area contributed by atoms with Crippen molar-refractivity contribution >= 4 is 17.5 Å². The van der Waals surface area contributed by atoms with Crippen molar-refractivity contribution in [1.82, 2.24) is 10.6 Å². The fourth-order valence-corrected chi connectivity index (χ4v) is 4.55. The van der Waals surface area contributed by atoms with Crippen molar-refractivity contribution < 1.29 is 4.79 Å². The molecule has 1 amide bonds. The fourth-order valence-electron chi connectivity index (χ4n) is 4.42. The van der Waals surface area contributed by atoms with E-state index < -0.39 is 5.41 Å². The summed E-state index contributed by atoms with van der Waals surface area (Å²) in [5, 5.41) is 17.5. The predicted octanol–water partition coefficient (Wildman–Crippen LogP) is 4.43. The van der Waals surface area contributed by atoms with Crippen molar-refractivity contribution in [2.24, 2.45) is 17.3 Å². The van der Waals surface area contributed by atoms with E-state index in [2.05, 4.69) is 37.5 Å². The average Bonchev–Trinajstić information content (AvgIpc) is 3.46. The monoisotopic (exact) mass is 401 g/mol. The summed E-state index contributed by atoms with van der Waals surface area (Å²) in [6.45, 7) is 8.00. The summed E-state index contributed by atoms with van der Waals surface area (Å²) >= 11 is 6.09. The van der Waals surface area contributed by atoms with Crippen molar-refractivity contribution in [3.63, 3.8) is 0 Å². The Hall–Kier alpha value is -1.57. The minimum absolute atomic E-state index is 0.0171. The summed E-state index contributed by atoms with van der Waals surface area (Å²) in [4.78, 5) is 12.8.